The first-order chi connectivity index (χ1) is 6.20. The number of hydrogen-bond acceptors (Lipinski definition) is 5. The van der Waals surface area contributed by atoms with E-state index < -0.39 is 0 Å². The van der Waals surface area contributed by atoms with Crippen molar-refractivity contribution in [3.8, 4) is 0 Å². The number of aryl methyl sites for hydroxylation is 1. The molecule has 0 radical (unpaired) electrons. The van der Waals surface area contributed by atoms with Crippen LogP contribution in [-0.4, -0.2) is 39.1 Å². The molecular weight excluding hydrogens is 168 g/mol. The largest absolute Gasteiger partial charge is 0.361 e. The molecular formula is C7H10N6. The van der Waals surface area contributed by atoms with Crippen molar-refractivity contribution in [1.82, 2.24) is 25.0 Å². The van der Waals surface area contributed by atoms with Crippen molar-refractivity contribution in [2.75, 3.05) is 19.0 Å². The summed E-state index contributed by atoms with van der Waals surface area (Å²) in [6.45, 7) is 0. The van der Waals surface area contributed by atoms with E-state index in [2.05, 4.69) is 20.3 Å². The fourth-order valence-electron chi connectivity index (χ4n) is 1.17. The maximum atomic E-state index is 4.12. The van der Waals surface area contributed by atoms with Gasteiger partial charge in [-0.3, -0.25) is 0 Å². The molecule has 0 aliphatic carbocycles. The van der Waals surface area contributed by atoms with E-state index in [1.165, 1.54) is 6.33 Å². The lowest BCUT2D eigenvalue weighted by Crippen LogP contribution is -2.11. The Kier molecular flexibility index (Phi) is 1.61. The number of fused-ring (bicyclic) bond motifs is 1. The quantitative estimate of drug-likeness (QED) is 0.606. The van der Waals surface area contributed by atoms with Gasteiger partial charge in [-0.2, -0.15) is 0 Å². The minimum Gasteiger partial charge on any atom is -0.361 e. The van der Waals surface area contributed by atoms with Crippen LogP contribution in [0.2, 0.25) is 0 Å². The lowest BCUT2D eigenvalue weighted by molar-refractivity contribution is 0.729. The van der Waals surface area contributed by atoms with Gasteiger partial charge < -0.3 is 4.90 Å². The van der Waals surface area contributed by atoms with Crippen LogP contribution in [0.3, 0.4) is 0 Å². The molecule has 0 aromatic carbocycles. The Balaban J connectivity index is 2.77. The second-order valence-electron chi connectivity index (χ2n) is 2.98. The van der Waals surface area contributed by atoms with Crippen LogP contribution in [0.15, 0.2) is 6.33 Å². The maximum absolute atomic E-state index is 4.12. The fraction of sp³-hybridized carbons (Fsp3) is 0.429. The predicted molar refractivity (Wildman–Crippen MR) is 48.4 cm³/mol. The number of hydrogen-bond donors (Lipinski definition) is 0. The molecule has 2 aromatic heterocycles. The van der Waals surface area contributed by atoms with Gasteiger partial charge in [0.25, 0.3) is 0 Å². The van der Waals surface area contributed by atoms with Crippen molar-refractivity contribution < 1.29 is 0 Å². The molecule has 6 heteroatoms. The molecule has 0 saturated heterocycles. The zero-order valence-electron chi connectivity index (χ0n) is 7.76. The summed E-state index contributed by atoms with van der Waals surface area (Å²) >= 11 is 0. The molecule has 0 unspecified atom stereocenters. The van der Waals surface area contributed by atoms with Crippen molar-refractivity contribution in [2.24, 2.45) is 7.05 Å². The zero-order chi connectivity index (χ0) is 9.42. The average molecular weight is 178 g/mol. The molecule has 2 heterocycles. The Morgan fingerprint density at radius 2 is 2.08 bits per heavy atom. The van der Waals surface area contributed by atoms with Gasteiger partial charge in [-0.15, -0.1) is 5.10 Å². The van der Waals surface area contributed by atoms with Gasteiger partial charge in [0.15, 0.2) is 17.0 Å². The lowest BCUT2D eigenvalue weighted by Gasteiger charge is -2.09. The van der Waals surface area contributed by atoms with Gasteiger partial charge in [-0.05, 0) is 0 Å². The summed E-state index contributed by atoms with van der Waals surface area (Å²) in [5, 5.41) is 7.86. The molecule has 2 aromatic rings. The molecule has 0 N–H and O–H groups in total. The van der Waals surface area contributed by atoms with Crippen LogP contribution in [0.5, 0.6) is 0 Å². The monoisotopic (exact) mass is 178 g/mol. The van der Waals surface area contributed by atoms with E-state index >= 15 is 0 Å². The number of anilines is 1. The van der Waals surface area contributed by atoms with E-state index in [0.29, 0.717) is 0 Å². The summed E-state index contributed by atoms with van der Waals surface area (Å²) in [5.41, 5.74) is 1.48. The summed E-state index contributed by atoms with van der Waals surface area (Å²) in [4.78, 5) is 10.1. The minimum atomic E-state index is 0.731. The molecule has 0 atom stereocenters. The molecule has 0 spiro atoms. The van der Waals surface area contributed by atoms with Crippen LogP contribution in [0.25, 0.3) is 11.2 Å². The van der Waals surface area contributed by atoms with E-state index in [-0.39, 0.29) is 0 Å². The molecule has 0 aliphatic rings. The highest BCUT2D eigenvalue weighted by molar-refractivity contribution is 5.82. The highest BCUT2D eigenvalue weighted by Gasteiger charge is 2.10. The second-order valence-corrected chi connectivity index (χ2v) is 2.98. The fourth-order valence-corrected chi connectivity index (χ4v) is 1.17. The minimum absolute atomic E-state index is 0.731. The van der Waals surface area contributed by atoms with Crippen LogP contribution >= 0.6 is 0 Å². The number of nitrogens with zero attached hydrogens (tertiary/aromatic N) is 6. The summed E-state index contributed by atoms with van der Waals surface area (Å²) in [5.74, 6) is 0.790. The van der Waals surface area contributed by atoms with Crippen molar-refractivity contribution in [1.29, 1.82) is 0 Å². The van der Waals surface area contributed by atoms with Gasteiger partial charge in [-0.1, -0.05) is 5.21 Å². The second kappa shape index (κ2) is 2.65. The predicted octanol–water partition coefficient (Wildman–Crippen LogP) is -0.176. The summed E-state index contributed by atoms with van der Waals surface area (Å²) in [7, 11) is 5.63. The van der Waals surface area contributed by atoms with Gasteiger partial charge in [0.2, 0.25) is 0 Å². The van der Waals surface area contributed by atoms with E-state index in [9.17, 15) is 0 Å². The van der Waals surface area contributed by atoms with E-state index in [0.717, 1.165) is 17.0 Å². The van der Waals surface area contributed by atoms with Gasteiger partial charge >= 0.3 is 0 Å². The van der Waals surface area contributed by atoms with Gasteiger partial charge in [-0.25, -0.2) is 14.6 Å². The molecule has 0 bridgehead atoms. The molecule has 0 fully saturated rings. The Labute approximate surface area is 75.2 Å². The maximum Gasteiger partial charge on any atom is 0.183 e. The molecule has 2 rings (SSSR count). The Morgan fingerprint density at radius 1 is 1.31 bits per heavy atom. The number of aromatic nitrogens is 5. The van der Waals surface area contributed by atoms with Crippen molar-refractivity contribution in [3.63, 3.8) is 0 Å². The molecule has 0 saturated carbocycles. The SMILES string of the molecule is CN(C)c1ncnc2c1nnn2C. The summed E-state index contributed by atoms with van der Waals surface area (Å²) in [6.07, 6.45) is 1.51. The van der Waals surface area contributed by atoms with Crippen molar-refractivity contribution in [2.45, 2.75) is 0 Å². The van der Waals surface area contributed by atoms with Crippen molar-refractivity contribution in [3.05, 3.63) is 6.33 Å². The Morgan fingerprint density at radius 3 is 2.77 bits per heavy atom. The molecule has 0 amide bonds. The first kappa shape index (κ1) is 7.90. The van der Waals surface area contributed by atoms with Gasteiger partial charge in [0, 0.05) is 21.1 Å². The molecule has 6 nitrogen and oxygen atoms in total. The zero-order valence-corrected chi connectivity index (χ0v) is 7.76. The number of rotatable bonds is 1. The smallest absolute Gasteiger partial charge is 0.183 e. The van der Waals surface area contributed by atoms with Crippen molar-refractivity contribution >= 4 is 17.0 Å². The molecule has 0 aliphatic heterocycles. The first-order valence-corrected chi connectivity index (χ1v) is 3.88. The van der Waals surface area contributed by atoms with E-state index in [4.69, 9.17) is 0 Å². The topological polar surface area (TPSA) is 59.7 Å². The van der Waals surface area contributed by atoms with E-state index in [1.807, 2.05) is 26.0 Å². The first-order valence-electron chi connectivity index (χ1n) is 3.88. The van der Waals surface area contributed by atoms with E-state index in [1.54, 1.807) is 4.68 Å². The highest BCUT2D eigenvalue weighted by atomic mass is 15.4. The van der Waals surface area contributed by atoms with Gasteiger partial charge in [0.05, 0.1) is 0 Å². The third-order valence-electron chi connectivity index (χ3n) is 1.79. The normalized spacial score (nSPS) is 10.7. The van der Waals surface area contributed by atoms with Gasteiger partial charge in [0.1, 0.15) is 6.33 Å². The van der Waals surface area contributed by atoms with Crippen LogP contribution in [0.4, 0.5) is 5.82 Å². The average Bonchev–Trinajstić information content (AvgIpc) is 2.48. The molecule has 68 valence electrons. The molecule has 13 heavy (non-hydrogen) atoms. The van der Waals surface area contributed by atoms with Crippen LogP contribution < -0.4 is 4.90 Å². The van der Waals surface area contributed by atoms with Crippen LogP contribution in [0.1, 0.15) is 0 Å². The Hall–Kier alpha value is -1.72. The summed E-state index contributed by atoms with van der Waals surface area (Å²) in [6, 6.07) is 0. The van der Waals surface area contributed by atoms with Crippen LogP contribution in [-0.2, 0) is 7.05 Å². The third-order valence-corrected chi connectivity index (χ3v) is 1.79. The lowest BCUT2D eigenvalue weighted by atomic mass is 10.5. The third kappa shape index (κ3) is 1.10. The van der Waals surface area contributed by atoms with Crippen LogP contribution in [0, 0.1) is 0 Å². The standard InChI is InChI=1S/C7H10N6/c1-12(2)6-5-7(9-4-8-6)13(3)11-10-5/h4H,1-3H3. The Bertz CT molecular complexity index is 431. The summed E-state index contributed by atoms with van der Waals surface area (Å²) < 4.78 is 1.63. The highest BCUT2D eigenvalue weighted by Crippen LogP contribution is 2.16.